The number of rotatable bonds is 6. The van der Waals surface area contributed by atoms with Crippen molar-refractivity contribution in [3.05, 3.63) is 91.4 Å². The van der Waals surface area contributed by atoms with Gasteiger partial charge in [-0.15, -0.1) is 0 Å². The molecule has 1 saturated heterocycles. The zero-order valence-electron chi connectivity index (χ0n) is 19.2. The van der Waals surface area contributed by atoms with Crippen molar-refractivity contribution in [1.29, 1.82) is 0 Å². The van der Waals surface area contributed by atoms with Gasteiger partial charge in [0.2, 0.25) is 17.7 Å². The number of halogens is 1. The monoisotopic (exact) mass is 511 g/mol. The lowest BCUT2D eigenvalue weighted by molar-refractivity contribution is -0.122. The van der Waals surface area contributed by atoms with Gasteiger partial charge in [0, 0.05) is 12.1 Å². The molecule has 3 aromatic rings. The Morgan fingerprint density at radius 2 is 1.83 bits per heavy atom. The molecule has 36 heavy (non-hydrogen) atoms. The number of thioether (sulfide) groups is 1. The van der Waals surface area contributed by atoms with E-state index in [-0.39, 0.29) is 23.1 Å². The fourth-order valence-electron chi connectivity index (χ4n) is 3.61. The second-order valence-electron chi connectivity index (χ2n) is 8.21. The molecule has 186 valence electrons. The molecule has 12 heteroatoms. The maximum atomic E-state index is 13.5. The molecule has 0 spiro atoms. The SMILES string of the molecule is Cc1ccc(NC(=O)CC2SC(=NC(c3ccc(F)cc3)c3c(O)[nH]c(=O)[nH]c3=O)NC2=O)cc1C. The highest BCUT2D eigenvalue weighted by atomic mass is 32.2. The van der Waals surface area contributed by atoms with Crippen molar-refractivity contribution in [3.8, 4) is 5.88 Å². The first-order valence-corrected chi connectivity index (χ1v) is 11.7. The minimum Gasteiger partial charge on any atom is -0.494 e. The maximum absolute atomic E-state index is 13.5. The van der Waals surface area contributed by atoms with E-state index >= 15 is 0 Å². The number of aromatic amines is 2. The maximum Gasteiger partial charge on any atom is 0.328 e. The van der Waals surface area contributed by atoms with Gasteiger partial charge in [-0.25, -0.2) is 14.2 Å². The van der Waals surface area contributed by atoms with Crippen molar-refractivity contribution < 1.29 is 19.1 Å². The summed E-state index contributed by atoms with van der Waals surface area (Å²) in [6.07, 6.45) is -0.131. The molecule has 1 fully saturated rings. The molecular formula is C24H22FN5O5S. The molecule has 5 N–H and O–H groups in total. The highest BCUT2D eigenvalue weighted by Gasteiger charge is 2.33. The third kappa shape index (κ3) is 5.54. The first kappa shape index (κ1) is 24.9. The fourth-order valence-corrected chi connectivity index (χ4v) is 4.60. The summed E-state index contributed by atoms with van der Waals surface area (Å²) in [6, 6.07) is 9.35. The standard InChI is InChI=1S/C24H22FN5O5S/c1-11-3-8-15(9-12(11)2)26-17(31)10-16-20(32)30-24(36-16)27-19(13-4-6-14(25)7-5-13)18-21(33)28-23(35)29-22(18)34/h3-9,16,19H,10H2,1-2H3,(H,26,31)(H,27,30,32)(H3,28,29,33,34,35). The zero-order chi connectivity index (χ0) is 26.0. The van der Waals surface area contributed by atoms with Crippen LogP contribution < -0.4 is 21.9 Å². The number of amides is 2. The molecule has 1 aromatic heterocycles. The highest BCUT2D eigenvalue weighted by Crippen LogP contribution is 2.32. The van der Waals surface area contributed by atoms with Crippen molar-refractivity contribution in [2.45, 2.75) is 31.6 Å². The second kappa shape index (κ2) is 10.2. The first-order chi connectivity index (χ1) is 17.1. The number of nitrogens with zero attached hydrogens (tertiary/aromatic N) is 1. The number of hydrogen-bond donors (Lipinski definition) is 5. The molecule has 2 heterocycles. The number of carbonyl (C=O) groups excluding carboxylic acids is 2. The molecule has 4 rings (SSSR count). The van der Waals surface area contributed by atoms with Crippen molar-refractivity contribution >= 4 is 34.4 Å². The molecule has 1 aliphatic heterocycles. The summed E-state index contributed by atoms with van der Waals surface area (Å²) < 4.78 is 13.5. The van der Waals surface area contributed by atoms with E-state index in [0.29, 0.717) is 11.3 Å². The molecule has 2 unspecified atom stereocenters. The highest BCUT2D eigenvalue weighted by molar-refractivity contribution is 8.15. The Labute approximate surface area is 208 Å². The van der Waals surface area contributed by atoms with Crippen LogP contribution in [0.25, 0.3) is 0 Å². The van der Waals surface area contributed by atoms with Gasteiger partial charge < -0.3 is 15.7 Å². The number of aliphatic imine (C=N–C) groups is 1. The number of anilines is 1. The van der Waals surface area contributed by atoms with E-state index in [1.165, 1.54) is 12.1 Å². The molecule has 0 bridgehead atoms. The van der Waals surface area contributed by atoms with Gasteiger partial charge in [0.25, 0.3) is 5.56 Å². The third-order valence-electron chi connectivity index (χ3n) is 5.60. The van der Waals surface area contributed by atoms with E-state index in [1.807, 2.05) is 31.0 Å². The number of carbonyl (C=O) groups is 2. The van der Waals surface area contributed by atoms with E-state index in [2.05, 4.69) is 20.6 Å². The zero-order valence-corrected chi connectivity index (χ0v) is 20.0. The summed E-state index contributed by atoms with van der Waals surface area (Å²) in [5.41, 5.74) is 0.940. The van der Waals surface area contributed by atoms with Gasteiger partial charge in [0.1, 0.15) is 22.7 Å². The number of aryl methyl sites for hydroxylation is 2. The Balaban J connectivity index is 1.58. The Morgan fingerprint density at radius 3 is 2.50 bits per heavy atom. The van der Waals surface area contributed by atoms with E-state index in [4.69, 9.17) is 0 Å². The number of hydrogen-bond acceptors (Lipinski definition) is 7. The lowest BCUT2D eigenvalue weighted by Gasteiger charge is -2.14. The molecule has 2 atom stereocenters. The van der Waals surface area contributed by atoms with Crippen LogP contribution in [0.1, 0.15) is 34.7 Å². The predicted molar refractivity (Wildman–Crippen MR) is 134 cm³/mol. The quantitative estimate of drug-likeness (QED) is 0.342. The number of aromatic hydroxyl groups is 1. The van der Waals surface area contributed by atoms with Crippen LogP contribution in [0.3, 0.4) is 0 Å². The lowest BCUT2D eigenvalue weighted by Crippen LogP contribution is -2.29. The van der Waals surface area contributed by atoms with Crippen molar-refractivity contribution in [2.24, 2.45) is 4.99 Å². The largest absolute Gasteiger partial charge is 0.494 e. The van der Waals surface area contributed by atoms with Crippen LogP contribution in [0.5, 0.6) is 5.88 Å². The topological polar surface area (TPSA) is 157 Å². The normalized spacial score (nSPS) is 17.1. The summed E-state index contributed by atoms with van der Waals surface area (Å²) in [4.78, 5) is 57.6. The third-order valence-corrected chi connectivity index (χ3v) is 6.70. The molecule has 0 radical (unpaired) electrons. The van der Waals surface area contributed by atoms with Gasteiger partial charge in [-0.3, -0.25) is 24.4 Å². The molecule has 2 amide bonds. The number of nitrogens with one attached hydrogen (secondary N) is 4. The molecule has 1 aliphatic rings. The van der Waals surface area contributed by atoms with Gasteiger partial charge in [0.05, 0.1) is 0 Å². The molecule has 0 saturated carbocycles. The minimum atomic E-state index is -1.18. The summed E-state index contributed by atoms with van der Waals surface area (Å²) in [7, 11) is 0. The predicted octanol–water partition coefficient (Wildman–Crippen LogP) is 2.23. The van der Waals surface area contributed by atoms with Crippen molar-refractivity contribution in [3.63, 3.8) is 0 Å². The lowest BCUT2D eigenvalue weighted by atomic mass is 10.0. The average Bonchev–Trinajstić information content (AvgIpc) is 3.14. The summed E-state index contributed by atoms with van der Waals surface area (Å²) in [5.74, 6) is -2.05. The van der Waals surface area contributed by atoms with Gasteiger partial charge >= 0.3 is 5.69 Å². The van der Waals surface area contributed by atoms with Crippen LogP contribution in [-0.2, 0) is 9.59 Å². The van der Waals surface area contributed by atoms with Crippen LogP contribution in [0.2, 0.25) is 0 Å². The Bertz CT molecular complexity index is 1480. The Kier molecular flexibility index (Phi) is 7.06. The number of H-pyrrole nitrogens is 2. The molecule has 10 nitrogen and oxygen atoms in total. The number of aromatic nitrogens is 2. The Hall–Kier alpha value is -4.19. The van der Waals surface area contributed by atoms with Crippen LogP contribution in [0, 0.1) is 19.7 Å². The first-order valence-electron chi connectivity index (χ1n) is 10.8. The van der Waals surface area contributed by atoms with Crippen LogP contribution in [0.4, 0.5) is 10.1 Å². The van der Waals surface area contributed by atoms with Crippen LogP contribution in [0.15, 0.2) is 57.0 Å². The van der Waals surface area contributed by atoms with Crippen LogP contribution >= 0.6 is 11.8 Å². The van der Waals surface area contributed by atoms with Crippen LogP contribution in [-0.4, -0.2) is 37.3 Å². The van der Waals surface area contributed by atoms with E-state index < -0.39 is 40.1 Å². The summed E-state index contributed by atoms with van der Waals surface area (Å²) in [5, 5.41) is 14.9. The summed E-state index contributed by atoms with van der Waals surface area (Å²) in [6.45, 7) is 3.89. The summed E-state index contributed by atoms with van der Waals surface area (Å²) >= 11 is 0.988. The van der Waals surface area contributed by atoms with Crippen molar-refractivity contribution in [2.75, 3.05) is 5.32 Å². The van der Waals surface area contributed by atoms with Gasteiger partial charge in [-0.05, 0) is 54.8 Å². The molecular weight excluding hydrogens is 489 g/mol. The smallest absolute Gasteiger partial charge is 0.328 e. The molecule has 0 aliphatic carbocycles. The molecule has 2 aromatic carbocycles. The van der Waals surface area contributed by atoms with E-state index in [0.717, 1.165) is 35.0 Å². The van der Waals surface area contributed by atoms with E-state index in [1.54, 1.807) is 6.07 Å². The van der Waals surface area contributed by atoms with Crippen molar-refractivity contribution in [1.82, 2.24) is 15.3 Å². The Morgan fingerprint density at radius 1 is 1.11 bits per heavy atom. The van der Waals surface area contributed by atoms with Gasteiger partial charge in [-0.2, -0.15) is 0 Å². The fraction of sp³-hybridized carbons (Fsp3) is 0.208. The second-order valence-corrected chi connectivity index (χ2v) is 9.40. The number of amidine groups is 1. The van der Waals surface area contributed by atoms with E-state index in [9.17, 15) is 28.7 Å². The van der Waals surface area contributed by atoms with Gasteiger partial charge in [0.15, 0.2) is 5.17 Å². The van der Waals surface area contributed by atoms with Gasteiger partial charge in [-0.1, -0.05) is 30.0 Å². The average molecular weight is 512 g/mol. The minimum absolute atomic E-state index is 0.100. The number of benzene rings is 2.